The lowest BCUT2D eigenvalue weighted by atomic mass is 9.70. The second-order valence-corrected chi connectivity index (χ2v) is 7.95. The number of aryl methyl sites for hydroxylation is 1. The van der Waals surface area contributed by atoms with E-state index in [1.807, 2.05) is 36.4 Å². The number of carbonyl (C=O) groups is 2. The summed E-state index contributed by atoms with van der Waals surface area (Å²) in [6.07, 6.45) is 4.61. The number of fused-ring (bicyclic) bond motifs is 2. The maximum Gasteiger partial charge on any atom is 0.282 e. The number of hydrogen-bond donors (Lipinski definition) is 2. The topological polar surface area (TPSA) is 82.5 Å². The Morgan fingerprint density at radius 1 is 1.10 bits per heavy atom. The largest absolute Gasteiger partial charge is 0.356 e. The first-order valence-electron chi connectivity index (χ1n) is 9.84. The molecule has 0 radical (unpaired) electrons. The molecule has 5 rings (SSSR count). The summed E-state index contributed by atoms with van der Waals surface area (Å²) in [4.78, 5) is 29.4. The van der Waals surface area contributed by atoms with Crippen LogP contribution in [0.4, 0.5) is 5.69 Å². The summed E-state index contributed by atoms with van der Waals surface area (Å²) in [5.41, 5.74) is 3.45. The molecule has 1 aliphatic heterocycles. The molecule has 2 heterocycles. The van der Waals surface area contributed by atoms with Crippen LogP contribution < -0.4 is 10.4 Å². The summed E-state index contributed by atoms with van der Waals surface area (Å²) in [6.45, 7) is 0.740. The van der Waals surface area contributed by atoms with Gasteiger partial charge in [0.05, 0.1) is 22.8 Å². The summed E-state index contributed by atoms with van der Waals surface area (Å²) >= 11 is 0. The van der Waals surface area contributed by atoms with Crippen LogP contribution in [-0.2, 0) is 17.6 Å². The molecule has 0 bridgehead atoms. The molecule has 1 aromatic heterocycles. The third kappa shape index (κ3) is 2.96. The fourth-order valence-electron chi connectivity index (χ4n) is 4.53. The molecule has 6 heteroatoms. The van der Waals surface area contributed by atoms with Gasteiger partial charge in [0, 0.05) is 17.5 Å². The van der Waals surface area contributed by atoms with Crippen LogP contribution in [0.25, 0.3) is 10.9 Å². The molecular formula is C23H21N3O3. The monoisotopic (exact) mass is 387 g/mol. The standard InChI is InChI=1S/C23H21N3O3/c27-21(26(29)19-12-16-3-1-2-4-20(16)25-14-19)17-5-6-18-13-23(8-7-15(18)11-17)9-10-24-22(23)28/h1-6,11-12,14,29H,7-10,13H2,(H,24,28)/t23-/m0/s1. The Morgan fingerprint density at radius 2 is 1.97 bits per heavy atom. The van der Waals surface area contributed by atoms with E-state index in [4.69, 9.17) is 0 Å². The average Bonchev–Trinajstić information content (AvgIpc) is 3.11. The second kappa shape index (κ2) is 6.67. The number of pyridine rings is 1. The van der Waals surface area contributed by atoms with Gasteiger partial charge >= 0.3 is 0 Å². The number of carbonyl (C=O) groups excluding carboxylic acids is 2. The zero-order valence-corrected chi connectivity index (χ0v) is 15.9. The molecule has 1 atom stereocenters. The van der Waals surface area contributed by atoms with Crippen molar-refractivity contribution in [3.63, 3.8) is 0 Å². The molecule has 2 amide bonds. The van der Waals surface area contributed by atoms with E-state index in [0.717, 1.165) is 47.8 Å². The number of aromatic nitrogens is 1. The van der Waals surface area contributed by atoms with E-state index < -0.39 is 5.91 Å². The van der Waals surface area contributed by atoms with E-state index in [9.17, 15) is 14.8 Å². The van der Waals surface area contributed by atoms with E-state index in [0.29, 0.717) is 22.7 Å². The van der Waals surface area contributed by atoms with Gasteiger partial charge < -0.3 is 5.32 Å². The number of anilines is 1. The highest BCUT2D eigenvalue weighted by Crippen LogP contribution is 2.41. The highest BCUT2D eigenvalue weighted by atomic mass is 16.5. The van der Waals surface area contributed by atoms with Crippen molar-refractivity contribution in [3.8, 4) is 0 Å². The molecule has 2 aliphatic rings. The maximum atomic E-state index is 12.9. The number of amides is 2. The van der Waals surface area contributed by atoms with Gasteiger partial charge in [-0.1, -0.05) is 24.3 Å². The molecule has 0 unspecified atom stereocenters. The molecular weight excluding hydrogens is 366 g/mol. The van der Waals surface area contributed by atoms with Crippen LogP contribution in [0, 0.1) is 5.41 Å². The average molecular weight is 387 g/mol. The Labute approximate surface area is 168 Å². The van der Waals surface area contributed by atoms with Gasteiger partial charge in [0.25, 0.3) is 5.91 Å². The minimum atomic E-state index is -0.497. The van der Waals surface area contributed by atoms with E-state index in [1.54, 1.807) is 12.1 Å². The zero-order valence-electron chi connectivity index (χ0n) is 15.9. The van der Waals surface area contributed by atoms with Crippen LogP contribution in [-0.4, -0.2) is 28.6 Å². The van der Waals surface area contributed by atoms with Crippen LogP contribution >= 0.6 is 0 Å². The Bertz CT molecular complexity index is 1140. The van der Waals surface area contributed by atoms with Crippen molar-refractivity contribution in [2.45, 2.75) is 25.7 Å². The molecule has 2 N–H and O–H groups in total. The van der Waals surface area contributed by atoms with Crippen molar-refractivity contribution >= 4 is 28.4 Å². The van der Waals surface area contributed by atoms with Crippen LogP contribution in [0.2, 0.25) is 0 Å². The molecule has 1 spiro atoms. The predicted octanol–water partition coefficient (Wildman–Crippen LogP) is 3.27. The van der Waals surface area contributed by atoms with Crippen molar-refractivity contribution in [1.29, 1.82) is 0 Å². The number of nitrogens with zero attached hydrogens (tertiary/aromatic N) is 2. The molecule has 6 nitrogen and oxygen atoms in total. The normalized spacial score (nSPS) is 20.5. The zero-order chi connectivity index (χ0) is 20.0. The van der Waals surface area contributed by atoms with Gasteiger partial charge in [-0.25, -0.2) is 0 Å². The van der Waals surface area contributed by atoms with Gasteiger partial charge in [0.2, 0.25) is 5.91 Å². The number of hydrogen-bond acceptors (Lipinski definition) is 4. The highest BCUT2D eigenvalue weighted by Gasteiger charge is 2.44. The van der Waals surface area contributed by atoms with Gasteiger partial charge in [0.1, 0.15) is 0 Å². The second-order valence-electron chi connectivity index (χ2n) is 7.95. The predicted molar refractivity (Wildman–Crippen MR) is 109 cm³/mol. The Hall–Kier alpha value is -3.25. The van der Waals surface area contributed by atoms with E-state index in [-0.39, 0.29) is 11.3 Å². The minimum Gasteiger partial charge on any atom is -0.356 e. The molecule has 2 aromatic carbocycles. The molecule has 3 aromatic rings. The third-order valence-electron chi connectivity index (χ3n) is 6.24. The van der Waals surface area contributed by atoms with Crippen molar-refractivity contribution in [1.82, 2.24) is 10.3 Å². The number of nitrogens with one attached hydrogen (secondary N) is 1. The first-order valence-corrected chi connectivity index (χ1v) is 9.84. The summed E-state index contributed by atoms with van der Waals surface area (Å²) < 4.78 is 0. The number of rotatable bonds is 2. The lowest BCUT2D eigenvalue weighted by molar-refractivity contribution is -0.128. The van der Waals surface area contributed by atoms with E-state index in [2.05, 4.69) is 10.3 Å². The third-order valence-corrected chi connectivity index (χ3v) is 6.24. The van der Waals surface area contributed by atoms with Gasteiger partial charge in [-0.15, -0.1) is 0 Å². The highest BCUT2D eigenvalue weighted by molar-refractivity contribution is 6.05. The number of hydroxylamine groups is 1. The number of benzene rings is 2. The minimum absolute atomic E-state index is 0.147. The smallest absolute Gasteiger partial charge is 0.282 e. The summed E-state index contributed by atoms with van der Waals surface area (Å²) in [6, 6.07) is 14.8. The fraction of sp³-hybridized carbons (Fsp3) is 0.261. The Morgan fingerprint density at radius 3 is 2.79 bits per heavy atom. The first kappa shape index (κ1) is 17.8. The molecule has 1 saturated heterocycles. The quantitative estimate of drug-likeness (QED) is 0.522. The first-order chi connectivity index (χ1) is 14.1. The molecule has 1 fully saturated rings. The van der Waals surface area contributed by atoms with Crippen molar-refractivity contribution in [2.75, 3.05) is 11.6 Å². The van der Waals surface area contributed by atoms with Crippen LogP contribution in [0.5, 0.6) is 0 Å². The summed E-state index contributed by atoms with van der Waals surface area (Å²) in [5, 5.41) is 14.9. The lowest BCUT2D eigenvalue weighted by Crippen LogP contribution is -2.36. The maximum absolute atomic E-state index is 12.9. The van der Waals surface area contributed by atoms with Gasteiger partial charge in [-0.3, -0.25) is 19.8 Å². The molecule has 1 aliphatic carbocycles. The van der Waals surface area contributed by atoms with Gasteiger partial charge in [-0.05, 0) is 61.1 Å². The molecule has 29 heavy (non-hydrogen) atoms. The van der Waals surface area contributed by atoms with Crippen molar-refractivity contribution in [3.05, 3.63) is 71.4 Å². The van der Waals surface area contributed by atoms with Gasteiger partial charge in [0.15, 0.2) is 0 Å². The summed E-state index contributed by atoms with van der Waals surface area (Å²) in [7, 11) is 0. The van der Waals surface area contributed by atoms with Crippen LogP contribution in [0.1, 0.15) is 34.3 Å². The van der Waals surface area contributed by atoms with Gasteiger partial charge in [-0.2, -0.15) is 5.06 Å². The number of para-hydroxylation sites is 1. The van der Waals surface area contributed by atoms with E-state index >= 15 is 0 Å². The van der Waals surface area contributed by atoms with Crippen molar-refractivity contribution < 1.29 is 14.8 Å². The Balaban J connectivity index is 1.41. The van der Waals surface area contributed by atoms with Crippen LogP contribution in [0.15, 0.2) is 54.7 Å². The van der Waals surface area contributed by atoms with E-state index in [1.165, 1.54) is 6.20 Å². The SMILES string of the molecule is O=C(c1ccc2c(c1)CC[C@]1(CCNC1=O)C2)N(O)c1cnc2ccccc2c1. The Kier molecular flexibility index (Phi) is 4.10. The fourth-order valence-corrected chi connectivity index (χ4v) is 4.53. The molecule has 146 valence electrons. The molecule has 0 saturated carbocycles. The summed E-state index contributed by atoms with van der Waals surface area (Å²) in [5.74, 6) is -0.350. The van der Waals surface area contributed by atoms with Crippen LogP contribution in [0.3, 0.4) is 0 Å². The van der Waals surface area contributed by atoms with Crippen molar-refractivity contribution in [2.24, 2.45) is 5.41 Å². The lowest BCUT2D eigenvalue weighted by Gasteiger charge is -2.32.